The summed E-state index contributed by atoms with van der Waals surface area (Å²) in [5.41, 5.74) is 0. The minimum absolute atomic E-state index is 0.0553. The standard InChI is InChI=1S/C10H8BrF3N4O2/c1-18-16-9(15-17-18)5-19-6-2-3-8(7(11)4-6)20-10(12,13)14/h2-4H,5H2,1H3. The molecule has 0 saturated carbocycles. The first-order chi connectivity index (χ1) is 9.33. The molecule has 108 valence electrons. The number of benzene rings is 1. The Morgan fingerprint density at radius 2 is 2.10 bits per heavy atom. The van der Waals surface area contributed by atoms with Gasteiger partial charge < -0.3 is 9.47 Å². The number of aromatic nitrogens is 4. The summed E-state index contributed by atoms with van der Waals surface area (Å²) >= 11 is 2.98. The van der Waals surface area contributed by atoms with E-state index in [2.05, 4.69) is 36.1 Å². The zero-order valence-electron chi connectivity index (χ0n) is 10.1. The lowest BCUT2D eigenvalue weighted by molar-refractivity contribution is -0.274. The molecule has 0 unspecified atom stereocenters. The van der Waals surface area contributed by atoms with E-state index in [4.69, 9.17) is 4.74 Å². The quantitative estimate of drug-likeness (QED) is 0.845. The minimum Gasteiger partial charge on any atom is -0.485 e. The van der Waals surface area contributed by atoms with Crippen molar-refractivity contribution in [3.05, 3.63) is 28.5 Å². The summed E-state index contributed by atoms with van der Waals surface area (Å²) in [6, 6.07) is 3.86. The number of alkyl halides is 3. The van der Waals surface area contributed by atoms with Crippen LogP contribution in [0.25, 0.3) is 0 Å². The third-order valence-electron chi connectivity index (χ3n) is 2.05. The Labute approximate surface area is 119 Å². The molecule has 0 amide bonds. The third kappa shape index (κ3) is 4.08. The first-order valence-corrected chi connectivity index (χ1v) is 6.04. The van der Waals surface area contributed by atoms with Crippen molar-refractivity contribution in [2.75, 3.05) is 0 Å². The van der Waals surface area contributed by atoms with Gasteiger partial charge in [-0.05, 0) is 39.3 Å². The van der Waals surface area contributed by atoms with Crippen LogP contribution in [0.1, 0.15) is 5.82 Å². The highest BCUT2D eigenvalue weighted by Crippen LogP contribution is 2.33. The number of ether oxygens (including phenoxy) is 2. The molecule has 10 heteroatoms. The van der Waals surface area contributed by atoms with Gasteiger partial charge in [-0.15, -0.1) is 23.4 Å². The number of rotatable bonds is 4. The second-order valence-corrected chi connectivity index (χ2v) is 4.48. The van der Waals surface area contributed by atoms with E-state index in [0.717, 1.165) is 6.07 Å². The SMILES string of the molecule is Cn1nnc(COc2ccc(OC(F)(F)F)c(Br)c2)n1. The summed E-state index contributed by atoms with van der Waals surface area (Å²) in [4.78, 5) is 1.27. The molecule has 0 saturated heterocycles. The third-order valence-corrected chi connectivity index (χ3v) is 2.67. The van der Waals surface area contributed by atoms with Crippen molar-refractivity contribution < 1.29 is 22.6 Å². The van der Waals surface area contributed by atoms with E-state index in [1.54, 1.807) is 7.05 Å². The van der Waals surface area contributed by atoms with Gasteiger partial charge in [-0.1, -0.05) is 0 Å². The van der Waals surface area contributed by atoms with E-state index in [1.165, 1.54) is 16.9 Å². The van der Waals surface area contributed by atoms with Crippen LogP contribution in [-0.2, 0) is 13.7 Å². The summed E-state index contributed by atoms with van der Waals surface area (Å²) in [5, 5.41) is 11.2. The summed E-state index contributed by atoms with van der Waals surface area (Å²) in [7, 11) is 1.61. The molecule has 2 rings (SSSR count). The molecule has 0 aliphatic rings. The molecule has 0 spiro atoms. The lowest BCUT2D eigenvalue weighted by Gasteiger charge is -2.11. The van der Waals surface area contributed by atoms with Gasteiger partial charge in [0.2, 0.25) is 5.82 Å². The van der Waals surface area contributed by atoms with Gasteiger partial charge in [0.15, 0.2) is 6.61 Å². The van der Waals surface area contributed by atoms with Crippen LogP contribution < -0.4 is 9.47 Å². The van der Waals surface area contributed by atoms with Crippen molar-refractivity contribution in [2.45, 2.75) is 13.0 Å². The molecule has 1 aromatic carbocycles. The van der Waals surface area contributed by atoms with Gasteiger partial charge >= 0.3 is 6.36 Å². The fourth-order valence-electron chi connectivity index (χ4n) is 1.31. The molecule has 0 aliphatic heterocycles. The van der Waals surface area contributed by atoms with Gasteiger partial charge in [-0.3, -0.25) is 0 Å². The van der Waals surface area contributed by atoms with Gasteiger partial charge in [0.05, 0.1) is 11.5 Å². The van der Waals surface area contributed by atoms with Crippen LogP contribution in [0.15, 0.2) is 22.7 Å². The van der Waals surface area contributed by atoms with Crippen LogP contribution in [-0.4, -0.2) is 26.6 Å². The van der Waals surface area contributed by atoms with Crippen LogP contribution in [0.5, 0.6) is 11.5 Å². The molecule has 0 N–H and O–H groups in total. The monoisotopic (exact) mass is 352 g/mol. The first-order valence-electron chi connectivity index (χ1n) is 5.24. The maximum atomic E-state index is 12.1. The van der Waals surface area contributed by atoms with Crippen molar-refractivity contribution in [2.24, 2.45) is 7.05 Å². The Morgan fingerprint density at radius 1 is 1.35 bits per heavy atom. The largest absolute Gasteiger partial charge is 0.573 e. The molecule has 2 aromatic rings. The fraction of sp³-hybridized carbons (Fsp3) is 0.300. The van der Waals surface area contributed by atoms with Crippen molar-refractivity contribution in [3.63, 3.8) is 0 Å². The Bertz CT molecular complexity index is 602. The lowest BCUT2D eigenvalue weighted by atomic mass is 10.3. The Hall–Kier alpha value is -1.84. The topological polar surface area (TPSA) is 62.1 Å². The molecule has 0 atom stereocenters. The van der Waals surface area contributed by atoms with Gasteiger partial charge in [0, 0.05) is 0 Å². The van der Waals surface area contributed by atoms with E-state index >= 15 is 0 Å². The van der Waals surface area contributed by atoms with Gasteiger partial charge in [0.25, 0.3) is 0 Å². The number of tetrazole rings is 1. The zero-order chi connectivity index (χ0) is 14.8. The van der Waals surface area contributed by atoms with Crippen molar-refractivity contribution >= 4 is 15.9 Å². The van der Waals surface area contributed by atoms with Crippen molar-refractivity contribution in [1.82, 2.24) is 20.2 Å². The van der Waals surface area contributed by atoms with Crippen LogP contribution in [0.4, 0.5) is 13.2 Å². The molecular formula is C10H8BrF3N4O2. The van der Waals surface area contributed by atoms with Crippen LogP contribution >= 0.6 is 15.9 Å². The summed E-state index contributed by atoms with van der Waals surface area (Å²) in [5.74, 6) is 0.362. The second-order valence-electron chi connectivity index (χ2n) is 3.62. The Balaban J connectivity index is 2.01. The highest BCUT2D eigenvalue weighted by molar-refractivity contribution is 9.10. The number of hydrogen-bond acceptors (Lipinski definition) is 5. The van der Waals surface area contributed by atoms with E-state index in [9.17, 15) is 13.2 Å². The molecule has 6 nitrogen and oxygen atoms in total. The minimum atomic E-state index is -4.74. The van der Waals surface area contributed by atoms with E-state index in [1.807, 2.05) is 0 Å². The van der Waals surface area contributed by atoms with Crippen LogP contribution in [0.3, 0.4) is 0 Å². The van der Waals surface area contributed by atoms with E-state index in [-0.39, 0.29) is 16.8 Å². The zero-order valence-corrected chi connectivity index (χ0v) is 11.6. The van der Waals surface area contributed by atoms with Gasteiger partial charge in [-0.2, -0.15) is 4.80 Å². The molecule has 1 heterocycles. The average Bonchev–Trinajstić information content (AvgIpc) is 2.74. The Kier molecular flexibility index (Phi) is 4.12. The van der Waals surface area contributed by atoms with E-state index < -0.39 is 6.36 Å². The highest BCUT2D eigenvalue weighted by Gasteiger charge is 2.31. The summed E-state index contributed by atoms with van der Waals surface area (Å²) < 4.78 is 45.5. The molecule has 0 radical (unpaired) electrons. The molecule has 0 aliphatic carbocycles. The van der Waals surface area contributed by atoms with Crippen LogP contribution in [0.2, 0.25) is 0 Å². The summed E-state index contributed by atoms with van der Waals surface area (Å²) in [6.07, 6.45) is -4.74. The van der Waals surface area contributed by atoms with Crippen molar-refractivity contribution in [1.29, 1.82) is 0 Å². The van der Waals surface area contributed by atoms with Gasteiger partial charge in [-0.25, -0.2) is 0 Å². The normalized spacial score (nSPS) is 11.4. The number of hydrogen-bond donors (Lipinski definition) is 0. The fourth-order valence-corrected chi connectivity index (χ4v) is 1.75. The first kappa shape index (κ1) is 14.6. The molecule has 20 heavy (non-hydrogen) atoms. The van der Waals surface area contributed by atoms with E-state index in [0.29, 0.717) is 11.6 Å². The predicted molar refractivity (Wildman–Crippen MR) is 64.0 cm³/mol. The smallest absolute Gasteiger partial charge is 0.485 e. The molecule has 0 bridgehead atoms. The number of aryl methyl sites for hydroxylation is 1. The number of nitrogens with zero attached hydrogens (tertiary/aromatic N) is 4. The molecular weight excluding hydrogens is 345 g/mol. The Morgan fingerprint density at radius 3 is 2.65 bits per heavy atom. The average molecular weight is 353 g/mol. The van der Waals surface area contributed by atoms with Crippen LogP contribution in [0, 0.1) is 0 Å². The summed E-state index contributed by atoms with van der Waals surface area (Å²) in [6.45, 7) is 0.0553. The molecule has 0 fully saturated rings. The van der Waals surface area contributed by atoms with Gasteiger partial charge in [0.1, 0.15) is 11.5 Å². The lowest BCUT2D eigenvalue weighted by Crippen LogP contribution is -2.17. The molecule has 1 aromatic heterocycles. The maximum Gasteiger partial charge on any atom is 0.573 e. The maximum absolute atomic E-state index is 12.1. The highest BCUT2D eigenvalue weighted by atomic mass is 79.9. The second kappa shape index (κ2) is 5.65. The van der Waals surface area contributed by atoms with Crippen molar-refractivity contribution in [3.8, 4) is 11.5 Å². The predicted octanol–water partition coefficient (Wildman–Crippen LogP) is 2.45. The number of halogens is 4.